The highest BCUT2D eigenvalue weighted by Gasteiger charge is 2.31. The van der Waals surface area contributed by atoms with Crippen LogP contribution in [0, 0.1) is 17.8 Å². The third-order valence-electron chi connectivity index (χ3n) is 3.55. The summed E-state index contributed by atoms with van der Waals surface area (Å²) in [4.78, 5) is 0. The smallest absolute Gasteiger partial charge is 0.00956 e. The Kier molecular flexibility index (Phi) is 3.57. The van der Waals surface area contributed by atoms with Crippen molar-refractivity contribution in [3.63, 3.8) is 0 Å². The molecule has 0 aromatic heterocycles. The Bertz CT molecular complexity index is 119. The third-order valence-corrected chi connectivity index (χ3v) is 3.55. The molecule has 0 aromatic rings. The van der Waals surface area contributed by atoms with E-state index in [1.807, 2.05) is 0 Å². The van der Waals surface area contributed by atoms with Crippen LogP contribution in [0.3, 0.4) is 0 Å². The van der Waals surface area contributed by atoms with Gasteiger partial charge in [-0.1, -0.05) is 33.6 Å². The maximum absolute atomic E-state index is 6.21. The van der Waals surface area contributed by atoms with Gasteiger partial charge in [-0.25, -0.2) is 0 Å². The Morgan fingerprint density at radius 1 is 1.08 bits per heavy atom. The lowest BCUT2D eigenvalue weighted by Crippen LogP contribution is -2.42. The van der Waals surface area contributed by atoms with Crippen LogP contribution < -0.4 is 5.73 Å². The van der Waals surface area contributed by atoms with Crippen LogP contribution in [0.5, 0.6) is 0 Å². The predicted octanol–water partition coefficient (Wildman–Crippen LogP) is 2.80. The van der Waals surface area contributed by atoms with E-state index in [2.05, 4.69) is 20.8 Å². The average molecular weight is 169 g/mol. The highest BCUT2D eigenvalue weighted by Crippen LogP contribution is 2.35. The number of rotatable bonds is 2. The molecule has 2 unspecified atom stereocenters. The molecule has 72 valence electrons. The Labute approximate surface area is 76.7 Å². The van der Waals surface area contributed by atoms with Crippen LogP contribution in [0.4, 0.5) is 0 Å². The molecule has 1 fully saturated rings. The lowest BCUT2D eigenvalue weighted by molar-refractivity contribution is 0.162. The maximum Gasteiger partial charge on any atom is 0.00956 e. The highest BCUT2D eigenvalue weighted by molar-refractivity contribution is 4.86. The van der Waals surface area contributed by atoms with Crippen molar-refractivity contribution in [3.05, 3.63) is 0 Å². The molecule has 2 atom stereocenters. The zero-order valence-corrected chi connectivity index (χ0v) is 8.72. The largest absolute Gasteiger partial charge is 0.327 e. The van der Waals surface area contributed by atoms with Crippen molar-refractivity contribution in [3.8, 4) is 0 Å². The number of hydrogen-bond acceptors (Lipinski definition) is 1. The zero-order valence-electron chi connectivity index (χ0n) is 8.72. The third kappa shape index (κ3) is 2.01. The van der Waals surface area contributed by atoms with Crippen LogP contribution in [-0.2, 0) is 0 Å². The predicted molar refractivity (Wildman–Crippen MR) is 53.9 cm³/mol. The summed E-state index contributed by atoms with van der Waals surface area (Å²) in [5, 5.41) is 0. The molecule has 0 spiro atoms. The Hall–Kier alpha value is -0.0400. The van der Waals surface area contributed by atoms with Crippen LogP contribution in [0.1, 0.15) is 46.5 Å². The minimum atomic E-state index is 0.483. The van der Waals surface area contributed by atoms with E-state index in [0.717, 1.165) is 17.8 Å². The van der Waals surface area contributed by atoms with Crippen molar-refractivity contribution in [2.45, 2.75) is 52.5 Å². The minimum absolute atomic E-state index is 0.483. The van der Waals surface area contributed by atoms with Gasteiger partial charge in [-0.05, 0) is 30.6 Å². The van der Waals surface area contributed by atoms with Gasteiger partial charge in [0.2, 0.25) is 0 Å². The first kappa shape index (κ1) is 10.0. The van der Waals surface area contributed by atoms with Crippen LogP contribution in [0.15, 0.2) is 0 Å². The molecule has 0 aliphatic heterocycles. The minimum Gasteiger partial charge on any atom is -0.327 e. The molecular weight excluding hydrogens is 146 g/mol. The molecule has 2 N–H and O–H groups in total. The van der Waals surface area contributed by atoms with E-state index in [0.29, 0.717) is 6.04 Å². The van der Waals surface area contributed by atoms with Crippen molar-refractivity contribution in [1.82, 2.24) is 0 Å². The number of nitrogens with two attached hydrogens (primary N) is 1. The summed E-state index contributed by atoms with van der Waals surface area (Å²) in [6, 6.07) is 0.483. The molecule has 0 heterocycles. The molecule has 0 radical (unpaired) electrons. The molecule has 1 nitrogen and oxygen atoms in total. The first-order valence-corrected chi connectivity index (χ1v) is 5.44. The molecule has 0 saturated heterocycles. The van der Waals surface area contributed by atoms with Gasteiger partial charge in [-0.3, -0.25) is 0 Å². The Morgan fingerprint density at radius 2 is 1.50 bits per heavy atom. The molecule has 1 aliphatic rings. The summed E-state index contributed by atoms with van der Waals surface area (Å²) in [5.41, 5.74) is 6.21. The lowest BCUT2D eigenvalue weighted by Gasteiger charge is -2.38. The van der Waals surface area contributed by atoms with E-state index in [1.165, 1.54) is 25.7 Å². The summed E-state index contributed by atoms with van der Waals surface area (Å²) in [7, 11) is 0. The second-order valence-electron chi connectivity index (χ2n) is 4.49. The van der Waals surface area contributed by atoms with Gasteiger partial charge in [0.05, 0.1) is 0 Å². The fraction of sp³-hybridized carbons (Fsp3) is 1.00. The molecule has 0 bridgehead atoms. The monoisotopic (exact) mass is 169 g/mol. The van der Waals surface area contributed by atoms with Gasteiger partial charge in [-0.2, -0.15) is 0 Å². The van der Waals surface area contributed by atoms with Gasteiger partial charge in [-0.15, -0.1) is 0 Å². The first-order chi connectivity index (χ1) is 5.69. The number of hydrogen-bond donors (Lipinski definition) is 1. The van der Waals surface area contributed by atoms with Crippen LogP contribution in [0.2, 0.25) is 0 Å². The molecule has 0 aromatic carbocycles. The average Bonchev–Trinajstić information content (AvgIpc) is 2.08. The SMILES string of the molecule is CCC1CC(C)CC(CC)C1N. The van der Waals surface area contributed by atoms with Crippen molar-refractivity contribution in [2.24, 2.45) is 23.5 Å². The van der Waals surface area contributed by atoms with E-state index >= 15 is 0 Å². The van der Waals surface area contributed by atoms with Crippen molar-refractivity contribution in [2.75, 3.05) is 0 Å². The lowest BCUT2D eigenvalue weighted by atomic mass is 9.71. The second kappa shape index (κ2) is 4.27. The summed E-state index contributed by atoms with van der Waals surface area (Å²) < 4.78 is 0. The fourth-order valence-corrected chi connectivity index (χ4v) is 2.71. The maximum atomic E-state index is 6.21. The van der Waals surface area contributed by atoms with Gasteiger partial charge in [0.25, 0.3) is 0 Å². The first-order valence-electron chi connectivity index (χ1n) is 5.44. The topological polar surface area (TPSA) is 26.0 Å². The highest BCUT2D eigenvalue weighted by atomic mass is 14.7. The Morgan fingerprint density at radius 3 is 1.83 bits per heavy atom. The quantitative estimate of drug-likeness (QED) is 0.676. The van der Waals surface area contributed by atoms with E-state index in [9.17, 15) is 0 Å². The van der Waals surface area contributed by atoms with Crippen molar-refractivity contribution >= 4 is 0 Å². The molecule has 12 heavy (non-hydrogen) atoms. The van der Waals surface area contributed by atoms with Gasteiger partial charge in [0, 0.05) is 6.04 Å². The summed E-state index contributed by atoms with van der Waals surface area (Å²) in [6.07, 6.45) is 5.24. The van der Waals surface area contributed by atoms with Gasteiger partial charge < -0.3 is 5.73 Å². The van der Waals surface area contributed by atoms with E-state index in [1.54, 1.807) is 0 Å². The van der Waals surface area contributed by atoms with Gasteiger partial charge >= 0.3 is 0 Å². The Balaban J connectivity index is 2.55. The zero-order chi connectivity index (χ0) is 9.14. The van der Waals surface area contributed by atoms with Crippen molar-refractivity contribution in [1.29, 1.82) is 0 Å². The molecule has 1 saturated carbocycles. The van der Waals surface area contributed by atoms with Crippen LogP contribution in [-0.4, -0.2) is 6.04 Å². The molecule has 0 amide bonds. The van der Waals surface area contributed by atoms with Crippen LogP contribution >= 0.6 is 0 Å². The van der Waals surface area contributed by atoms with Gasteiger partial charge in [0.15, 0.2) is 0 Å². The van der Waals surface area contributed by atoms with E-state index < -0.39 is 0 Å². The van der Waals surface area contributed by atoms with Gasteiger partial charge in [0.1, 0.15) is 0 Å². The van der Waals surface area contributed by atoms with Crippen LogP contribution in [0.25, 0.3) is 0 Å². The summed E-state index contributed by atoms with van der Waals surface area (Å²) in [5.74, 6) is 2.48. The fourth-order valence-electron chi connectivity index (χ4n) is 2.71. The van der Waals surface area contributed by atoms with Crippen molar-refractivity contribution < 1.29 is 0 Å². The molecule has 1 rings (SSSR count). The molecule has 1 heteroatoms. The summed E-state index contributed by atoms with van der Waals surface area (Å²) in [6.45, 7) is 6.92. The standard InChI is InChI=1S/C11H23N/c1-4-9-6-8(3)7-10(5-2)11(9)12/h8-11H,4-7,12H2,1-3H3. The molecule has 1 aliphatic carbocycles. The molecular formula is C11H23N. The normalized spacial score (nSPS) is 43.0. The summed E-state index contributed by atoms with van der Waals surface area (Å²) >= 11 is 0. The van der Waals surface area contributed by atoms with E-state index in [-0.39, 0.29) is 0 Å². The van der Waals surface area contributed by atoms with E-state index in [4.69, 9.17) is 5.73 Å². The second-order valence-corrected chi connectivity index (χ2v) is 4.49.